The average Bonchev–Trinajstić information content (AvgIpc) is 2.72. The minimum absolute atomic E-state index is 0.0351. The Hall–Kier alpha value is -2.81. The van der Waals surface area contributed by atoms with Gasteiger partial charge >= 0.3 is 6.09 Å². The Morgan fingerprint density at radius 1 is 1.12 bits per heavy atom. The highest BCUT2D eigenvalue weighted by Gasteiger charge is 2.34. The number of nitrogens with zero attached hydrogens (tertiary/aromatic N) is 1. The molecule has 0 bridgehead atoms. The second-order valence-corrected chi connectivity index (χ2v) is 9.17. The van der Waals surface area contributed by atoms with Crippen molar-refractivity contribution in [3.05, 3.63) is 29.8 Å². The fraction of sp³-hybridized carbons (Fsp3) is 0.609. The lowest BCUT2D eigenvalue weighted by Crippen LogP contribution is -2.53. The summed E-state index contributed by atoms with van der Waals surface area (Å²) in [6.07, 6.45) is 4.13. The minimum atomic E-state index is -1.28. The van der Waals surface area contributed by atoms with Crippen LogP contribution >= 0.6 is 0 Å². The number of aromatic hydroxyl groups is 1. The second-order valence-electron chi connectivity index (χ2n) is 9.17. The molecule has 1 aromatic rings. The van der Waals surface area contributed by atoms with E-state index in [1.165, 1.54) is 24.1 Å². The molecule has 0 aromatic heterocycles. The van der Waals surface area contributed by atoms with Crippen LogP contribution in [-0.4, -0.2) is 64.4 Å². The third-order valence-corrected chi connectivity index (χ3v) is 5.32. The van der Waals surface area contributed by atoms with E-state index in [0.717, 1.165) is 32.1 Å². The lowest BCUT2D eigenvalue weighted by atomic mass is 9.94. The number of likely N-dealkylation sites (N-methyl/N-ethyl adjacent to an activating group) is 1. The van der Waals surface area contributed by atoms with E-state index in [4.69, 9.17) is 4.74 Å². The van der Waals surface area contributed by atoms with E-state index in [0.29, 0.717) is 5.56 Å². The number of hydrogen-bond acceptors (Lipinski definition) is 6. The Labute approximate surface area is 189 Å². The van der Waals surface area contributed by atoms with E-state index >= 15 is 0 Å². The normalized spacial score (nSPS) is 16.5. The van der Waals surface area contributed by atoms with Crippen molar-refractivity contribution in [1.29, 1.82) is 0 Å². The molecule has 9 heteroatoms. The van der Waals surface area contributed by atoms with Gasteiger partial charge in [-0.2, -0.15) is 0 Å². The number of aliphatic hydroxyl groups excluding tert-OH is 1. The van der Waals surface area contributed by atoms with Gasteiger partial charge in [-0.1, -0.05) is 31.4 Å². The van der Waals surface area contributed by atoms with Crippen molar-refractivity contribution in [2.24, 2.45) is 0 Å². The molecular formula is C23H35N3O6. The van der Waals surface area contributed by atoms with Crippen molar-refractivity contribution in [2.45, 2.75) is 76.6 Å². The lowest BCUT2D eigenvalue weighted by Gasteiger charge is -2.33. The van der Waals surface area contributed by atoms with Gasteiger partial charge in [-0.15, -0.1) is 0 Å². The Kier molecular flexibility index (Phi) is 8.89. The molecule has 1 aliphatic carbocycles. The zero-order valence-electron chi connectivity index (χ0n) is 19.3. The monoisotopic (exact) mass is 449 g/mol. The number of phenolic OH excluding ortho intramolecular Hbond substituents is 1. The zero-order valence-corrected chi connectivity index (χ0v) is 19.3. The quantitative estimate of drug-likeness (QED) is 0.505. The molecule has 2 atom stereocenters. The van der Waals surface area contributed by atoms with Crippen LogP contribution in [0.2, 0.25) is 0 Å². The maximum Gasteiger partial charge on any atom is 0.408 e. The number of nitrogens with one attached hydrogen (secondary N) is 2. The highest BCUT2D eigenvalue weighted by atomic mass is 16.6. The van der Waals surface area contributed by atoms with Crippen molar-refractivity contribution in [2.75, 3.05) is 13.7 Å². The van der Waals surface area contributed by atoms with E-state index in [9.17, 15) is 24.6 Å². The van der Waals surface area contributed by atoms with Gasteiger partial charge in [0.15, 0.2) is 0 Å². The molecule has 0 aliphatic heterocycles. The van der Waals surface area contributed by atoms with E-state index < -0.39 is 36.3 Å². The number of alkyl carbamates (subject to hydrolysis) is 1. The Morgan fingerprint density at radius 3 is 2.25 bits per heavy atom. The summed E-state index contributed by atoms with van der Waals surface area (Å²) in [6.45, 7) is 4.40. The SMILES string of the molecule is CN(C(=O)C(CO)NC(=O)OC(C)(C)C)C(C(=O)NC1CCCCC1)c1ccc(O)cc1. The molecule has 0 heterocycles. The summed E-state index contributed by atoms with van der Waals surface area (Å²) in [6, 6.07) is 3.77. The summed E-state index contributed by atoms with van der Waals surface area (Å²) in [5.74, 6) is -0.961. The van der Waals surface area contributed by atoms with Crippen LogP contribution in [0.5, 0.6) is 5.75 Å². The largest absolute Gasteiger partial charge is 0.508 e. The van der Waals surface area contributed by atoms with Gasteiger partial charge in [-0.05, 0) is 51.3 Å². The maximum absolute atomic E-state index is 13.2. The van der Waals surface area contributed by atoms with Gasteiger partial charge in [-0.25, -0.2) is 4.79 Å². The van der Waals surface area contributed by atoms with Gasteiger partial charge in [0, 0.05) is 13.1 Å². The number of amides is 3. The first-order valence-corrected chi connectivity index (χ1v) is 11.0. The Bertz CT molecular complexity index is 784. The zero-order chi connectivity index (χ0) is 23.9. The van der Waals surface area contributed by atoms with E-state index in [-0.39, 0.29) is 17.7 Å². The molecule has 9 nitrogen and oxygen atoms in total. The number of carbonyl (C=O) groups excluding carboxylic acids is 3. The van der Waals surface area contributed by atoms with Crippen LogP contribution in [0.3, 0.4) is 0 Å². The molecule has 0 saturated heterocycles. The number of ether oxygens (including phenoxy) is 1. The molecule has 0 spiro atoms. The van der Waals surface area contributed by atoms with Crippen LogP contribution in [0.15, 0.2) is 24.3 Å². The summed E-state index contributed by atoms with van der Waals surface area (Å²) in [7, 11) is 1.44. The predicted octanol–water partition coefficient (Wildman–Crippen LogP) is 2.23. The topological polar surface area (TPSA) is 128 Å². The molecule has 2 rings (SSSR count). The van der Waals surface area contributed by atoms with Crippen LogP contribution in [0, 0.1) is 0 Å². The molecule has 2 unspecified atom stereocenters. The third-order valence-electron chi connectivity index (χ3n) is 5.32. The Morgan fingerprint density at radius 2 is 1.72 bits per heavy atom. The summed E-state index contributed by atoms with van der Waals surface area (Å²) in [5.41, 5.74) is -0.269. The van der Waals surface area contributed by atoms with Crippen molar-refractivity contribution >= 4 is 17.9 Å². The predicted molar refractivity (Wildman–Crippen MR) is 119 cm³/mol. The fourth-order valence-corrected chi connectivity index (χ4v) is 3.74. The van der Waals surface area contributed by atoms with Crippen molar-refractivity contribution in [1.82, 2.24) is 15.5 Å². The first-order valence-electron chi connectivity index (χ1n) is 11.0. The first-order chi connectivity index (χ1) is 15.0. The maximum atomic E-state index is 13.2. The number of benzene rings is 1. The molecule has 1 aromatic carbocycles. The fourth-order valence-electron chi connectivity index (χ4n) is 3.74. The van der Waals surface area contributed by atoms with Gasteiger partial charge in [-0.3, -0.25) is 9.59 Å². The number of hydrogen-bond donors (Lipinski definition) is 4. The van der Waals surface area contributed by atoms with Crippen molar-refractivity contribution in [3.8, 4) is 5.75 Å². The van der Waals surface area contributed by atoms with Gasteiger partial charge in [0.2, 0.25) is 11.8 Å². The molecule has 1 aliphatic rings. The molecule has 4 N–H and O–H groups in total. The van der Waals surface area contributed by atoms with Crippen molar-refractivity contribution < 1.29 is 29.3 Å². The van der Waals surface area contributed by atoms with E-state index in [1.54, 1.807) is 32.9 Å². The van der Waals surface area contributed by atoms with Gasteiger partial charge < -0.3 is 30.5 Å². The van der Waals surface area contributed by atoms with Crippen LogP contribution < -0.4 is 10.6 Å². The highest BCUT2D eigenvalue weighted by molar-refractivity contribution is 5.92. The number of aliphatic hydroxyl groups is 1. The second kappa shape index (κ2) is 11.2. The summed E-state index contributed by atoms with van der Waals surface area (Å²) < 4.78 is 5.17. The molecule has 1 saturated carbocycles. The van der Waals surface area contributed by atoms with E-state index in [2.05, 4.69) is 10.6 Å². The van der Waals surface area contributed by atoms with Crippen molar-refractivity contribution in [3.63, 3.8) is 0 Å². The molecule has 3 amide bonds. The molecular weight excluding hydrogens is 414 g/mol. The molecule has 1 fully saturated rings. The van der Waals surface area contributed by atoms with Crippen LogP contribution in [0.25, 0.3) is 0 Å². The lowest BCUT2D eigenvalue weighted by molar-refractivity contribution is -0.141. The number of rotatable bonds is 7. The average molecular weight is 450 g/mol. The smallest absolute Gasteiger partial charge is 0.408 e. The van der Waals surface area contributed by atoms with Crippen LogP contribution in [0.4, 0.5) is 4.79 Å². The van der Waals surface area contributed by atoms with Gasteiger partial charge in [0.05, 0.1) is 6.61 Å². The minimum Gasteiger partial charge on any atom is -0.508 e. The molecule has 0 radical (unpaired) electrons. The van der Waals surface area contributed by atoms with E-state index in [1.807, 2.05) is 0 Å². The summed E-state index contributed by atoms with van der Waals surface area (Å²) in [4.78, 5) is 39.6. The summed E-state index contributed by atoms with van der Waals surface area (Å²) >= 11 is 0. The van der Waals surface area contributed by atoms with Gasteiger partial charge in [0.25, 0.3) is 0 Å². The van der Waals surface area contributed by atoms with Gasteiger partial charge in [0.1, 0.15) is 23.4 Å². The standard InChI is InChI=1S/C23H35N3O6/c1-23(2,3)32-22(31)25-18(14-27)21(30)26(4)19(15-10-12-17(28)13-11-15)20(29)24-16-8-6-5-7-9-16/h10-13,16,18-19,27-28H,5-9,14H2,1-4H3,(H,24,29)(H,25,31). The third kappa shape index (κ3) is 7.40. The summed E-state index contributed by atoms with van der Waals surface area (Å²) in [5, 5.41) is 24.8. The van der Waals surface area contributed by atoms with Crippen LogP contribution in [-0.2, 0) is 14.3 Å². The highest BCUT2D eigenvalue weighted by Crippen LogP contribution is 2.25. The van der Waals surface area contributed by atoms with Crippen LogP contribution in [0.1, 0.15) is 64.5 Å². The number of carbonyl (C=O) groups is 3. The number of phenols is 1. The molecule has 178 valence electrons. The first kappa shape index (κ1) is 25.5. The molecule has 32 heavy (non-hydrogen) atoms. The Balaban J connectivity index is 2.22.